The monoisotopic (exact) mass is 176 g/mol. The predicted molar refractivity (Wildman–Crippen MR) is 42.1 cm³/mol. The van der Waals surface area contributed by atoms with Crippen molar-refractivity contribution >= 4 is 8.60 Å². The Morgan fingerprint density at radius 3 is 1.73 bits per heavy atom. The van der Waals surface area contributed by atoms with Gasteiger partial charge in [-0.1, -0.05) is 0 Å². The zero-order valence-electron chi connectivity index (χ0n) is 6.66. The summed E-state index contributed by atoms with van der Waals surface area (Å²) in [4.78, 5) is 0. The molecule has 0 N–H and O–H groups in total. The molecule has 2 fully saturated rings. The van der Waals surface area contributed by atoms with Crippen LogP contribution in [0.25, 0.3) is 0 Å². The molecule has 0 unspecified atom stereocenters. The fourth-order valence-electron chi connectivity index (χ4n) is 0.701. The lowest BCUT2D eigenvalue weighted by Gasteiger charge is -2.12. The molecule has 0 bridgehead atoms. The summed E-state index contributed by atoms with van der Waals surface area (Å²) in [6, 6.07) is 0. The fourth-order valence-corrected chi connectivity index (χ4v) is 1.83. The highest BCUT2D eigenvalue weighted by atomic mass is 31.2. The van der Waals surface area contributed by atoms with Gasteiger partial charge in [0.2, 0.25) is 0 Å². The molecule has 0 amide bonds. The molecule has 64 valence electrons. The van der Waals surface area contributed by atoms with Gasteiger partial charge in [-0.3, -0.25) is 0 Å². The predicted octanol–water partition coefficient (Wildman–Crippen LogP) is 2.22. The Balaban J connectivity index is 1.65. The summed E-state index contributed by atoms with van der Waals surface area (Å²) < 4.78 is 16.0. The highest BCUT2D eigenvalue weighted by Crippen LogP contribution is 2.49. The normalized spacial score (nSPS) is 24.5. The van der Waals surface area contributed by atoms with Crippen LogP contribution in [0.3, 0.4) is 0 Å². The molecule has 2 rings (SSSR count). The van der Waals surface area contributed by atoms with Crippen molar-refractivity contribution < 1.29 is 13.6 Å². The van der Waals surface area contributed by atoms with Crippen LogP contribution in [0, 0.1) is 0 Å². The second-order valence-corrected chi connectivity index (χ2v) is 4.25. The van der Waals surface area contributed by atoms with E-state index in [0.717, 1.165) is 0 Å². The van der Waals surface area contributed by atoms with E-state index in [-0.39, 0.29) is 0 Å². The first kappa shape index (κ1) is 7.93. The average Bonchev–Trinajstić information content (AvgIpc) is 2.78. The van der Waals surface area contributed by atoms with Gasteiger partial charge in [0.05, 0.1) is 12.2 Å². The van der Waals surface area contributed by atoms with Crippen LogP contribution in [0.1, 0.15) is 25.7 Å². The Kier molecular flexibility index (Phi) is 2.42. The van der Waals surface area contributed by atoms with E-state index in [1.54, 1.807) is 7.11 Å². The van der Waals surface area contributed by atoms with Gasteiger partial charge in [-0.25, -0.2) is 0 Å². The van der Waals surface area contributed by atoms with E-state index in [2.05, 4.69) is 0 Å². The minimum absolute atomic E-state index is 0.430. The van der Waals surface area contributed by atoms with Gasteiger partial charge in [-0.15, -0.1) is 0 Å². The Bertz CT molecular complexity index is 120. The highest BCUT2D eigenvalue weighted by Gasteiger charge is 2.32. The number of rotatable bonds is 5. The van der Waals surface area contributed by atoms with Crippen LogP contribution in [-0.4, -0.2) is 19.3 Å². The van der Waals surface area contributed by atoms with Gasteiger partial charge in [0, 0.05) is 7.11 Å². The van der Waals surface area contributed by atoms with Gasteiger partial charge in [-0.05, 0) is 25.7 Å². The Labute approximate surface area is 68.0 Å². The molecule has 0 spiro atoms. The van der Waals surface area contributed by atoms with Crippen LogP contribution in [0.5, 0.6) is 0 Å². The van der Waals surface area contributed by atoms with Gasteiger partial charge >= 0.3 is 8.60 Å². The van der Waals surface area contributed by atoms with Crippen LogP contribution in [0.2, 0.25) is 0 Å². The van der Waals surface area contributed by atoms with Gasteiger partial charge in [-0.2, -0.15) is 0 Å². The van der Waals surface area contributed by atoms with Gasteiger partial charge in [0.1, 0.15) is 0 Å². The molecule has 0 saturated heterocycles. The molecule has 0 heterocycles. The number of hydrogen-bond donors (Lipinski definition) is 0. The molecule has 0 aliphatic heterocycles. The molecule has 0 aromatic heterocycles. The van der Waals surface area contributed by atoms with E-state index in [9.17, 15) is 0 Å². The van der Waals surface area contributed by atoms with Crippen LogP contribution in [0.15, 0.2) is 0 Å². The Morgan fingerprint density at radius 1 is 1.00 bits per heavy atom. The van der Waals surface area contributed by atoms with Crippen molar-refractivity contribution in [3.63, 3.8) is 0 Å². The summed E-state index contributed by atoms with van der Waals surface area (Å²) >= 11 is 0. The molecule has 0 radical (unpaired) electrons. The Morgan fingerprint density at radius 2 is 1.45 bits per heavy atom. The van der Waals surface area contributed by atoms with Gasteiger partial charge < -0.3 is 13.6 Å². The van der Waals surface area contributed by atoms with Crippen LogP contribution >= 0.6 is 8.60 Å². The highest BCUT2D eigenvalue weighted by molar-refractivity contribution is 7.41. The van der Waals surface area contributed by atoms with Crippen LogP contribution < -0.4 is 0 Å². The van der Waals surface area contributed by atoms with Crippen molar-refractivity contribution in [3.8, 4) is 0 Å². The molecule has 2 aliphatic carbocycles. The molecule has 11 heavy (non-hydrogen) atoms. The molecule has 0 aromatic carbocycles. The largest absolute Gasteiger partial charge is 0.332 e. The fraction of sp³-hybridized carbons (Fsp3) is 1.00. The Hall–Kier alpha value is 0.310. The third-order valence-corrected chi connectivity index (χ3v) is 2.91. The summed E-state index contributed by atoms with van der Waals surface area (Å²) in [5.41, 5.74) is 0. The first-order valence-electron chi connectivity index (χ1n) is 4.06. The van der Waals surface area contributed by atoms with Crippen molar-refractivity contribution in [2.24, 2.45) is 0 Å². The first-order chi connectivity index (χ1) is 5.38. The van der Waals surface area contributed by atoms with E-state index in [1.807, 2.05) is 0 Å². The zero-order valence-corrected chi connectivity index (χ0v) is 7.55. The van der Waals surface area contributed by atoms with E-state index >= 15 is 0 Å². The third kappa shape index (κ3) is 2.68. The summed E-state index contributed by atoms with van der Waals surface area (Å²) in [5.74, 6) is 0. The maximum atomic E-state index is 5.48. The molecule has 4 heteroatoms. The quantitative estimate of drug-likeness (QED) is 0.601. The second kappa shape index (κ2) is 3.36. The van der Waals surface area contributed by atoms with Crippen LogP contribution in [-0.2, 0) is 13.6 Å². The molecule has 2 saturated carbocycles. The molecular weight excluding hydrogens is 163 g/mol. The minimum Gasteiger partial charge on any atom is -0.316 e. The van der Waals surface area contributed by atoms with Crippen molar-refractivity contribution in [1.82, 2.24) is 0 Å². The SMILES string of the molecule is COP(OC1CC1)OC1CC1. The molecular formula is C7H13O3P. The van der Waals surface area contributed by atoms with Crippen molar-refractivity contribution in [1.29, 1.82) is 0 Å². The second-order valence-electron chi connectivity index (χ2n) is 3.02. The maximum Gasteiger partial charge on any atom is 0.332 e. The van der Waals surface area contributed by atoms with Gasteiger partial charge in [0.25, 0.3) is 0 Å². The van der Waals surface area contributed by atoms with E-state index in [0.29, 0.717) is 12.2 Å². The topological polar surface area (TPSA) is 27.7 Å². The van der Waals surface area contributed by atoms with Crippen molar-refractivity contribution in [3.05, 3.63) is 0 Å². The lowest BCUT2D eigenvalue weighted by Crippen LogP contribution is -1.95. The lowest BCUT2D eigenvalue weighted by molar-refractivity contribution is 0.167. The van der Waals surface area contributed by atoms with Gasteiger partial charge in [0.15, 0.2) is 0 Å². The van der Waals surface area contributed by atoms with E-state index in [1.165, 1.54) is 25.7 Å². The van der Waals surface area contributed by atoms with E-state index < -0.39 is 8.60 Å². The first-order valence-corrected chi connectivity index (χ1v) is 5.16. The summed E-state index contributed by atoms with van der Waals surface area (Å²) in [6.45, 7) is 0. The van der Waals surface area contributed by atoms with Crippen molar-refractivity contribution in [2.75, 3.05) is 7.11 Å². The van der Waals surface area contributed by atoms with Crippen LogP contribution in [0.4, 0.5) is 0 Å². The summed E-state index contributed by atoms with van der Waals surface area (Å²) in [5, 5.41) is 0. The van der Waals surface area contributed by atoms with E-state index in [4.69, 9.17) is 13.6 Å². The molecule has 3 nitrogen and oxygen atoms in total. The smallest absolute Gasteiger partial charge is 0.316 e. The van der Waals surface area contributed by atoms with Crippen molar-refractivity contribution in [2.45, 2.75) is 37.9 Å². The number of hydrogen-bond acceptors (Lipinski definition) is 3. The third-order valence-electron chi connectivity index (χ3n) is 1.67. The summed E-state index contributed by atoms with van der Waals surface area (Å²) in [6.07, 6.45) is 5.57. The maximum absolute atomic E-state index is 5.48. The minimum atomic E-state index is -1.01. The standard InChI is InChI=1S/C7H13O3P/c1-8-11(9-6-2-3-6)10-7-4-5-7/h6-7H,2-5H2,1H3. The zero-order chi connectivity index (χ0) is 7.68. The molecule has 0 atom stereocenters. The lowest BCUT2D eigenvalue weighted by atomic mass is 10.9. The molecule has 2 aliphatic rings. The average molecular weight is 176 g/mol. The summed E-state index contributed by atoms with van der Waals surface area (Å²) in [7, 11) is 0.637. The molecule has 0 aromatic rings.